The predicted molar refractivity (Wildman–Crippen MR) is 76.0 cm³/mol. The van der Waals surface area contributed by atoms with Crippen molar-refractivity contribution in [3.05, 3.63) is 18.5 Å². The number of amides is 1. The van der Waals surface area contributed by atoms with Crippen molar-refractivity contribution < 1.29 is 14.3 Å². The molecule has 1 spiro atoms. The standard InChI is InChI=1S/C14H20N4O3/c1-2-17-9-14(21-8-12(17)19)10-18(6-7-20-11-14)13-15-4-3-5-16-13/h3-5H,2,6-11H2,1H3/t14-/m1/s1. The molecule has 0 bridgehead atoms. The van der Waals surface area contributed by atoms with Crippen molar-refractivity contribution >= 4 is 11.9 Å². The van der Waals surface area contributed by atoms with Gasteiger partial charge in [-0.15, -0.1) is 0 Å². The molecule has 1 aromatic rings. The quantitative estimate of drug-likeness (QED) is 0.760. The van der Waals surface area contributed by atoms with Gasteiger partial charge < -0.3 is 19.3 Å². The van der Waals surface area contributed by atoms with Gasteiger partial charge in [-0.25, -0.2) is 9.97 Å². The first-order chi connectivity index (χ1) is 10.2. The van der Waals surface area contributed by atoms with Gasteiger partial charge in [0, 0.05) is 25.5 Å². The zero-order valence-corrected chi connectivity index (χ0v) is 12.2. The van der Waals surface area contributed by atoms with Gasteiger partial charge in [-0.1, -0.05) is 0 Å². The van der Waals surface area contributed by atoms with Crippen LogP contribution in [0.1, 0.15) is 6.92 Å². The molecule has 0 unspecified atom stereocenters. The number of anilines is 1. The highest BCUT2D eigenvalue weighted by molar-refractivity contribution is 5.78. The Kier molecular flexibility index (Phi) is 4.03. The third kappa shape index (κ3) is 2.98. The SMILES string of the molecule is CCN1C[C@@]2(COCCN(c3ncccn3)C2)OCC1=O. The smallest absolute Gasteiger partial charge is 0.248 e. The Hall–Kier alpha value is -1.73. The summed E-state index contributed by atoms with van der Waals surface area (Å²) >= 11 is 0. The third-order valence-electron chi connectivity index (χ3n) is 3.90. The molecule has 1 aromatic heterocycles. The van der Waals surface area contributed by atoms with Crippen molar-refractivity contribution in [2.45, 2.75) is 12.5 Å². The number of rotatable bonds is 2. The van der Waals surface area contributed by atoms with Crippen LogP contribution in [0.5, 0.6) is 0 Å². The molecule has 7 nitrogen and oxygen atoms in total. The molecule has 0 radical (unpaired) electrons. The molecule has 2 aliphatic rings. The Morgan fingerprint density at radius 1 is 1.33 bits per heavy atom. The number of carbonyl (C=O) groups is 1. The topological polar surface area (TPSA) is 67.8 Å². The maximum Gasteiger partial charge on any atom is 0.248 e. The number of aromatic nitrogens is 2. The van der Waals surface area contributed by atoms with Crippen molar-refractivity contribution in [3.63, 3.8) is 0 Å². The van der Waals surface area contributed by atoms with E-state index in [0.29, 0.717) is 38.8 Å². The summed E-state index contributed by atoms with van der Waals surface area (Å²) in [5, 5.41) is 0. The Balaban J connectivity index is 1.80. The summed E-state index contributed by atoms with van der Waals surface area (Å²) in [7, 11) is 0. The van der Waals surface area contributed by atoms with E-state index in [-0.39, 0.29) is 12.5 Å². The van der Waals surface area contributed by atoms with Crippen molar-refractivity contribution in [2.75, 3.05) is 50.9 Å². The summed E-state index contributed by atoms with van der Waals surface area (Å²) in [4.78, 5) is 24.3. The second-order valence-electron chi connectivity index (χ2n) is 5.40. The molecule has 1 atom stereocenters. The fraction of sp³-hybridized carbons (Fsp3) is 0.643. The third-order valence-corrected chi connectivity index (χ3v) is 3.90. The minimum absolute atomic E-state index is 0.0369. The van der Waals surface area contributed by atoms with Crippen LogP contribution in [0.3, 0.4) is 0 Å². The van der Waals surface area contributed by atoms with E-state index in [9.17, 15) is 4.79 Å². The summed E-state index contributed by atoms with van der Waals surface area (Å²) in [6.07, 6.45) is 3.45. The number of hydrogen-bond acceptors (Lipinski definition) is 6. The van der Waals surface area contributed by atoms with Gasteiger partial charge in [-0.3, -0.25) is 4.79 Å². The minimum atomic E-state index is -0.500. The minimum Gasteiger partial charge on any atom is -0.376 e. The molecule has 21 heavy (non-hydrogen) atoms. The molecule has 1 amide bonds. The summed E-state index contributed by atoms with van der Waals surface area (Å²) in [6.45, 7) is 5.75. The number of nitrogens with zero attached hydrogens (tertiary/aromatic N) is 4. The first-order valence-electron chi connectivity index (χ1n) is 7.24. The second-order valence-corrected chi connectivity index (χ2v) is 5.40. The molecule has 114 valence electrons. The van der Waals surface area contributed by atoms with E-state index < -0.39 is 5.60 Å². The van der Waals surface area contributed by atoms with Gasteiger partial charge in [-0.2, -0.15) is 0 Å². The van der Waals surface area contributed by atoms with E-state index in [1.807, 2.05) is 11.8 Å². The van der Waals surface area contributed by atoms with Crippen LogP contribution in [0.2, 0.25) is 0 Å². The maximum atomic E-state index is 11.8. The van der Waals surface area contributed by atoms with Gasteiger partial charge in [0.2, 0.25) is 11.9 Å². The van der Waals surface area contributed by atoms with E-state index in [0.717, 1.165) is 6.54 Å². The van der Waals surface area contributed by atoms with E-state index in [2.05, 4.69) is 14.9 Å². The molecular weight excluding hydrogens is 272 g/mol. The van der Waals surface area contributed by atoms with Crippen LogP contribution >= 0.6 is 0 Å². The highest BCUT2D eigenvalue weighted by Gasteiger charge is 2.42. The molecule has 0 aliphatic carbocycles. The van der Waals surface area contributed by atoms with Gasteiger partial charge in [-0.05, 0) is 13.0 Å². The summed E-state index contributed by atoms with van der Waals surface area (Å²) in [5.74, 6) is 0.709. The first-order valence-corrected chi connectivity index (χ1v) is 7.24. The number of hydrogen-bond donors (Lipinski definition) is 0. The lowest BCUT2D eigenvalue weighted by Gasteiger charge is -2.42. The van der Waals surface area contributed by atoms with Crippen molar-refractivity contribution in [3.8, 4) is 0 Å². The van der Waals surface area contributed by atoms with E-state index in [1.165, 1.54) is 0 Å². The van der Waals surface area contributed by atoms with Crippen molar-refractivity contribution in [1.82, 2.24) is 14.9 Å². The molecule has 3 heterocycles. The Labute approximate surface area is 123 Å². The van der Waals surface area contributed by atoms with Crippen LogP contribution in [0.15, 0.2) is 18.5 Å². The van der Waals surface area contributed by atoms with Gasteiger partial charge in [0.15, 0.2) is 0 Å². The zero-order valence-electron chi connectivity index (χ0n) is 12.2. The maximum absolute atomic E-state index is 11.8. The number of likely N-dealkylation sites (N-methyl/N-ethyl adjacent to an activating group) is 1. The van der Waals surface area contributed by atoms with Crippen LogP contribution in [0.25, 0.3) is 0 Å². The van der Waals surface area contributed by atoms with Crippen molar-refractivity contribution in [1.29, 1.82) is 0 Å². The van der Waals surface area contributed by atoms with E-state index in [1.54, 1.807) is 18.5 Å². The Morgan fingerprint density at radius 3 is 2.90 bits per heavy atom. The van der Waals surface area contributed by atoms with E-state index in [4.69, 9.17) is 9.47 Å². The van der Waals surface area contributed by atoms with E-state index >= 15 is 0 Å². The largest absolute Gasteiger partial charge is 0.376 e. The number of morpholine rings is 1. The molecule has 3 rings (SSSR count). The van der Waals surface area contributed by atoms with Gasteiger partial charge in [0.05, 0.1) is 26.3 Å². The fourth-order valence-electron chi connectivity index (χ4n) is 2.79. The summed E-state index contributed by atoms with van der Waals surface area (Å²) < 4.78 is 11.6. The van der Waals surface area contributed by atoms with Gasteiger partial charge in [0.1, 0.15) is 12.2 Å². The lowest BCUT2D eigenvalue weighted by Crippen LogP contribution is -2.60. The molecule has 2 fully saturated rings. The normalized spacial score (nSPS) is 27.0. The predicted octanol–water partition coefficient (Wildman–Crippen LogP) is -0.0693. The average molecular weight is 292 g/mol. The lowest BCUT2D eigenvalue weighted by atomic mass is 10.0. The molecule has 0 saturated carbocycles. The van der Waals surface area contributed by atoms with Crippen LogP contribution in [0, 0.1) is 0 Å². The zero-order chi connectivity index (χ0) is 14.7. The molecule has 2 saturated heterocycles. The molecule has 0 N–H and O–H groups in total. The molecule has 7 heteroatoms. The highest BCUT2D eigenvalue weighted by atomic mass is 16.6. The number of ether oxygens (including phenoxy) is 2. The van der Waals surface area contributed by atoms with Crippen molar-refractivity contribution in [2.24, 2.45) is 0 Å². The highest BCUT2D eigenvalue weighted by Crippen LogP contribution is 2.24. The van der Waals surface area contributed by atoms with Crippen LogP contribution < -0.4 is 4.90 Å². The lowest BCUT2D eigenvalue weighted by molar-refractivity contribution is -0.169. The average Bonchev–Trinajstić information content (AvgIpc) is 2.74. The first kappa shape index (κ1) is 14.2. The van der Waals surface area contributed by atoms with Crippen LogP contribution in [0.4, 0.5) is 5.95 Å². The number of carbonyl (C=O) groups excluding carboxylic acids is 1. The summed E-state index contributed by atoms with van der Waals surface area (Å²) in [6, 6.07) is 1.79. The summed E-state index contributed by atoms with van der Waals surface area (Å²) in [5.41, 5.74) is -0.500. The second kappa shape index (κ2) is 5.95. The van der Waals surface area contributed by atoms with Crippen LogP contribution in [-0.4, -0.2) is 72.4 Å². The Bertz CT molecular complexity index is 498. The Morgan fingerprint density at radius 2 is 2.14 bits per heavy atom. The van der Waals surface area contributed by atoms with Crippen LogP contribution in [-0.2, 0) is 14.3 Å². The van der Waals surface area contributed by atoms with Gasteiger partial charge in [0.25, 0.3) is 0 Å². The molecular formula is C14H20N4O3. The fourth-order valence-corrected chi connectivity index (χ4v) is 2.79. The monoisotopic (exact) mass is 292 g/mol. The molecule has 0 aromatic carbocycles. The molecule has 2 aliphatic heterocycles. The van der Waals surface area contributed by atoms with Gasteiger partial charge >= 0.3 is 0 Å².